The number of carboxylic acid groups (broad SMARTS) is 2. The van der Waals surface area contributed by atoms with Crippen LogP contribution in [0, 0.1) is 5.92 Å². The first kappa shape index (κ1) is 37.3. The summed E-state index contributed by atoms with van der Waals surface area (Å²) in [6.45, 7) is 2.15. The van der Waals surface area contributed by atoms with E-state index in [1.807, 2.05) is 0 Å². The Hall–Kier alpha value is -3.73. The zero-order valence-electron chi connectivity index (χ0n) is 25.3. The zero-order valence-corrected chi connectivity index (χ0v) is 25.3. The van der Waals surface area contributed by atoms with Crippen molar-refractivity contribution in [2.45, 2.75) is 108 Å². The Bertz CT molecular complexity index is 1070. The minimum absolute atomic E-state index is 0.0247. The van der Waals surface area contributed by atoms with Crippen LogP contribution >= 0.6 is 0 Å². The van der Waals surface area contributed by atoms with E-state index in [1.54, 1.807) is 0 Å². The molecule has 240 valence electrons. The van der Waals surface area contributed by atoms with Gasteiger partial charge in [0.2, 0.25) is 5.91 Å². The maximum atomic E-state index is 13.3. The lowest BCUT2D eigenvalue weighted by molar-refractivity contribution is -0.175. The molecule has 1 aromatic rings. The standard InChI is InChI=1S/C32H47NO10/c1-3-4-5-8-11-14-24(34)15-12-9-6-7-10-13-16-26(32(42,22-28(36)37)31(41)43-2)29(38)33-27(30(39)40)21-23-17-19-25(35)20-18-23/h13,16-20,26-27,35,42H,3-12,14-15,21-22H2,1-2H3,(H,33,38)(H,36,37)(H,39,40)/b16-13+/t26-,27+,32+/m1/s1. The van der Waals surface area contributed by atoms with Gasteiger partial charge in [0.15, 0.2) is 5.60 Å². The van der Waals surface area contributed by atoms with E-state index in [2.05, 4.69) is 17.0 Å². The fourth-order valence-electron chi connectivity index (χ4n) is 4.73. The summed E-state index contributed by atoms with van der Waals surface area (Å²) in [6.07, 6.45) is 11.7. The zero-order chi connectivity index (χ0) is 32.3. The number of carboxylic acids is 2. The molecule has 1 rings (SSSR count). The number of esters is 1. The molecule has 0 spiro atoms. The maximum absolute atomic E-state index is 13.3. The molecule has 5 N–H and O–H groups in total. The summed E-state index contributed by atoms with van der Waals surface area (Å²) in [7, 11) is 0.940. The highest BCUT2D eigenvalue weighted by molar-refractivity contribution is 5.95. The SMILES string of the molecule is CCCCCCCC(=O)CCCCCC/C=C/[C@H](C(=O)N[C@@H](Cc1ccc(O)cc1)C(=O)O)[C@@](O)(CC(=O)O)C(=O)OC. The number of ether oxygens (including phenoxy) is 1. The van der Waals surface area contributed by atoms with Crippen molar-refractivity contribution in [3.05, 3.63) is 42.0 Å². The Morgan fingerprint density at radius 1 is 0.907 bits per heavy atom. The van der Waals surface area contributed by atoms with Crippen LogP contribution in [0.25, 0.3) is 0 Å². The smallest absolute Gasteiger partial charge is 0.339 e. The van der Waals surface area contributed by atoms with E-state index in [4.69, 9.17) is 0 Å². The topological polar surface area (TPSA) is 188 Å². The first-order valence-electron chi connectivity index (χ1n) is 15.0. The normalized spacial score (nSPS) is 14.0. The molecule has 11 heteroatoms. The highest BCUT2D eigenvalue weighted by atomic mass is 16.5. The molecule has 1 amide bonds. The predicted octanol–water partition coefficient (Wildman–Crippen LogP) is 4.33. The third-order valence-electron chi connectivity index (χ3n) is 7.21. The van der Waals surface area contributed by atoms with Crippen LogP contribution in [0.15, 0.2) is 36.4 Å². The second-order valence-corrected chi connectivity index (χ2v) is 10.8. The molecule has 0 saturated carbocycles. The highest BCUT2D eigenvalue weighted by Crippen LogP contribution is 2.27. The average Bonchev–Trinajstić information content (AvgIpc) is 2.95. The van der Waals surface area contributed by atoms with Gasteiger partial charge in [-0.15, -0.1) is 0 Å². The summed E-state index contributed by atoms with van der Waals surface area (Å²) in [4.78, 5) is 61.3. The van der Waals surface area contributed by atoms with Crippen LogP contribution in [-0.4, -0.2) is 68.8 Å². The number of aliphatic hydroxyl groups is 1. The lowest BCUT2D eigenvalue weighted by Gasteiger charge is -2.30. The van der Waals surface area contributed by atoms with Crippen molar-refractivity contribution in [2.24, 2.45) is 5.92 Å². The summed E-state index contributed by atoms with van der Waals surface area (Å²) >= 11 is 0. The molecule has 1 aromatic carbocycles. The number of Topliss-reactive ketones (excluding diaryl/α,β-unsaturated/α-hetero) is 1. The fraction of sp³-hybridized carbons (Fsp3) is 0.594. The number of hydrogen-bond acceptors (Lipinski definition) is 8. The van der Waals surface area contributed by atoms with Gasteiger partial charge in [-0.2, -0.15) is 0 Å². The van der Waals surface area contributed by atoms with Gasteiger partial charge in [-0.05, 0) is 43.4 Å². The lowest BCUT2D eigenvalue weighted by atomic mass is 9.82. The monoisotopic (exact) mass is 605 g/mol. The summed E-state index contributed by atoms with van der Waals surface area (Å²) in [5.41, 5.74) is -2.31. The van der Waals surface area contributed by atoms with Crippen molar-refractivity contribution in [1.29, 1.82) is 0 Å². The molecule has 0 heterocycles. The first-order chi connectivity index (χ1) is 20.4. The summed E-state index contributed by atoms with van der Waals surface area (Å²) in [5.74, 6) is -6.87. The van der Waals surface area contributed by atoms with Crippen molar-refractivity contribution in [3.8, 4) is 5.75 Å². The van der Waals surface area contributed by atoms with Gasteiger partial charge < -0.3 is 30.5 Å². The number of aliphatic carboxylic acids is 2. The Kier molecular flexibility index (Phi) is 17.5. The van der Waals surface area contributed by atoms with Gasteiger partial charge in [0.25, 0.3) is 0 Å². The number of methoxy groups -OCH3 is 1. The minimum Gasteiger partial charge on any atom is -0.508 e. The Balaban J connectivity index is 2.83. The molecular weight excluding hydrogens is 558 g/mol. The van der Waals surface area contributed by atoms with E-state index >= 15 is 0 Å². The summed E-state index contributed by atoms with van der Waals surface area (Å²) in [5, 5.41) is 41.9. The quantitative estimate of drug-likeness (QED) is 0.0682. The number of carbonyl (C=O) groups is 5. The number of phenols is 1. The molecule has 0 aliphatic carbocycles. The molecule has 0 fully saturated rings. The molecule has 0 unspecified atom stereocenters. The van der Waals surface area contributed by atoms with Gasteiger partial charge in [0, 0.05) is 19.3 Å². The van der Waals surface area contributed by atoms with Gasteiger partial charge in [-0.3, -0.25) is 14.4 Å². The van der Waals surface area contributed by atoms with E-state index < -0.39 is 47.8 Å². The second-order valence-electron chi connectivity index (χ2n) is 10.8. The van der Waals surface area contributed by atoms with E-state index in [-0.39, 0.29) is 18.0 Å². The number of ketones is 1. The van der Waals surface area contributed by atoms with E-state index in [9.17, 15) is 44.4 Å². The van der Waals surface area contributed by atoms with E-state index in [0.29, 0.717) is 31.2 Å². The van der Waals surface area contributed by atoms with Crippen molar-refractivity contribution in [1.82, 2.24) is 5.32 Å². The number of aromatic hydroxyl groups is 1. The van der Waals surface area contributed by atoms with Crippen LogP contribution in [0.1, 0.15) is 96.0 Å². The van der Waals surface area contributed by atoms with Crippen LogP contribution < -0.4 is 5.32 Å². The number of unbranched alkanes of at least 4 members (excludes halogenated alkanes) is 8. The second kappa shape index (κ2) is 20.2. The third kappa shape index (κ3) is 14.3. The Morgan fingerprint density at radius 3 is 2.02 bits per heavy atom. The number of carbonyl (C=O) groups excluding carboxylic acids is 3. The maximum Gasteiger partial charge on any atom is 0.339 e. The van der Waals surface area contributed by atoms with Gasteiger partial charge in [-0.1, -0.05) is 69.7 Å². The van der Waals surface area contributed by atoms with E-state index in [0.717, 1.165) is 45.6 Å². The van der Waals surface area contributed by atoms with Crippen molar-refractivity contribution in [3.63, 3.8) is 0 Å². The number of benzene rings is 1. The molecule has 0 aliphatic rings. The largest absolute Gasteiger partial charge is 0.508 e. The van der Waals surface area contributed by atoms with Crippen LogP contribution in [0.3, 0.4) is 0 Å². The molecule has 3 atom stereocenters. The molecular formula is C32H47NO10. The lowest BCUT2D eigenvalue weighted by Crippen LogP contribution is -2.55. The Morgan fingerprint density at radius 2 is 1.49 bits per heavy atom. The summed E-state index contributed by atoms with van der Waals surface area (Å²) < 4.78 is 4.61. The highest BCUT2D eigenvalue weighted by Gasteiger charge is 2.50. The fourth-order valence-corrected chi connectivity index (χ4v) is 4.73. The molecule has 43 heavy (non-hydrogen) atoms. The number of hydrogen-bond donors (Lipinski definition) is 5. The van der Waals surface area contributed by atoms with Crippen LogP contribution in [-0.2, 0) is 35.1 Å². The molecule has 0 aliphatic heterocycles. The third-order valence-corrected chi connectivity index (χ3v) is 7.21. The number of amides is 1. The molecule has 0 aromatic heterocycles. The molecule has 0 saturated heterocycles. The number of allylic oxidation sites excluding steroid dienone is 1. The molecule has 0 bridgehead atoms. The summed E-state index contributed by atoms with van der Waals surface area (Å²) in [6, 6.07) is 4.21. The van der Waals surface area contributed by atoms with Gasteiger partial charge >= 0.3 is 17.9 Å². The van der Waals surface area contributed by atoms with Gasteiger partial charge in [0.05, 0.1) is 19.4 Å². The van der Waals surface area contributed by atoms with Crippen molar-refractivity contribution < 1.29 is 49.1 Å². The number of phenolic OH excluding ortho intramolecular Hbond substituents is 1. The predicted molar refractivity (Wildman–Crippen MR) is 159 cm³/mol. The average molecular weight is 606 g/mol. The molecule has 11 nitrogen and oxygen atoms in total. The molecule has 0 radical (unpaired) electrons. The number of nitrogens with one attached hydrogen (secondary N) is 1. The Labute approximate surface area is 253 Å². The van der Waals surface area contributed by atoms with Crippen LogP contribution in [0.5, 0.6) is 5.75 Å². The van der Waals surface area contributed by atoms with Crippen LogP contribution in [0.4, 0.5) is 0 Å². The van der Waals surface area contributed by atoms with Gasteiger partial charge in [-0.25, -0.2) is 9.59 Å². The van der Waals surface area contributed by atoms with Crippen molar-refractivity contribution >= 4 is 29.6 Å². The van der Waals surface area contributed by atoms with E-state index in [1.165, 1.54) is 49.3 Å². The minimum atomic E-state index is -2.79. The first-order valence-corrected chi connectivity index (χ1v) is 15.0. The van der Waals surface area contributed by atoms with Crippen LogP contribution in [0.2, 0.25) is 0 Å². The van der Waals surface area contributed by atoms with Gasteiger partial charge in [0.1, 0.15) is 17.6 Å². The number of rotatable bonds is 23. The van der Waals surface area contributed by atoms with Crippen molar-refractivity contribution in [2.75, 3.05) is 7.11 Å².